The van der Waals surface area contributed by atoms with Crippen LogP contribution in [0.15, 0.2) is 24.3 Å². The number of aliphatic carboxylic acids is 1. The summed E-state index contributed by atoms with van der Waals surface area (Å²) in [5, 5.41) is 31.5. The molecule has 12 heteroatoms. The van der Waals surface area contributed by atoms with Crippen LogP contribution >= 0.6 is 0 Å². The summed E-state index contributed by atoms with van der Waals surface area (Å²) in [6, 6.07) is 0. The number of carbonyl (C=O) groups excluding carboxylic acids is 3. The van der Waals surface area contributed by atoms with Crippen molar-refractivity contribution in [3.05, 3.63) is 24.3 Å². The van der Waals surface area contributed by atoms with Crippen LogP contribution in [-0.2, 0) is 42.9 Å². The minimum absolute atomic E-state index is 0.0656. The highest BCUT2D eigenvalue weighted by Gasteiger charge is 2.50. The maximum atomic E-state index is 13.1. The SMILES string of the molecule is CCCC/C=C\CCCCCCCC(=O)OC(COC(=O)CCCCCCC/C=C\CCCCCC)COC1OC(C(=O)O)C(O)C(O)C1OC(=O)CCCCCCCCCCCCCCCCCCCCC. The average molecular weight is 1040 g/mol. The van der Waals surface area contributed by atoms with Gasteiger partial charge in [-0.05, 0) is 64.2 Å². The van der Waals surface area contributed by atoms with Gasteiger partial charge in [-0.3, -0.25) is 14.4 Å². The van der Waals surface area contributed by atoms with Gasteiger partial charge in [-0.2, -0.15) is 0 Å². The molecule has 0 spiro atoms. The normalized spacial score (nSPS) is 18.4. The second-order valence-corrected chi connectivity index (χ2v) is 21.0. The fourth-order valence-electron chi connectivity index (χ4n) is 9.29. The molecule has 0 amide bonds. The number of hydrogen-bond acceptors (Lipinski definition) is 11. The van der Waals surface area contributed by atoms with Crippen LogP contribution in [-0.4, -0.2) is 89.2 Å². The average Bonchev–Trinajstić information content (AvgIpc) is 3.37. The molecule has 6 atom stereocenters. The first-order chi connectivity index (χ1) is 35.6. The number of carboxylic acids is 1. The minimum Gasteiger partial charge on any atom is -0.479 e. The molecular formula is C61H110O12. The highest BCUT2D eigenvalue weighted by atomic mass is 16.7. The van der Waals surface area contributed by atoms with Crippen LogP contribution < -0.4 is 0 Å². The van der Waals surface area contributed by atoms with Gasteiger partial charge < -0.3 is 39.0 Å². The van der Waals surface area contributed by atoms with Gasteiger partial charge in [0.05, 0.1) is 6.61 Å². The molecule has 12 nitrogen and oxygen atoms in total. The third kappa shape index (κ3) is 40.2. The number of aliphatic hydroxyl groups excluding tert-OH is 2. The predicted molar refractivity (Wildman–Crippen MR) is 294 cm³/mol. The highest BCUT2D eigenvalue weighted by Crippen LogP contribution is 2.27. The van der Waals surface area contributed by atoms with Gasteiger partial charge in [-0.25, -0.2) is 4.79 Å². The Bertz CT molecular complexity index is 1370. The monoisotopic (exact) mass is 1030 g/mol. The molecule has 0 aromatic rings. The quantitative estimate of drug-likeness (QED) is 0.0228. The van der Waals surface area contributed by atoms with E-state index in [2.05, 4.69) is 45.1 Å². The minimum atomic E-state index is -1.90. The lowest BCUT2D eigenvalue weighted by Gasteiger charge is -2.40. The Morgan fingerprint density at radius 3 is 1.22 bits per heavy atom. The van der Waals surface area contributed by atoms with Crippen LogP contribution in [0.5, 0.6) is 0 Å². The topological polar surface area (TPSA) is 175 Å². The molecule has 0 aliphatic carbocycles. The van der Waals surface area contributed by atoms with Gasteiger partial charge in [-0.15, -0.1) is 0 Å². The van der Waals surface area contributed by atoms with Crippen molar-refractivity contribution in [2.45, 2.75) is 327 Å². The van der Waals surface area contributed by atoms with E-state index in [0.717, 1.165) is 96.3 Å². The molecule has 0 aromatic carbocycles. The first-order valence-corrected chi connectivity index (χ1v) is 30.3. The first kappa shape index (κ1) is 68.2. The smallest absolute Gasteiger partial charge is 0.335 e. The van der Waals surface area contributed by atoms with Gasteiger partial charge in [0.15, 0.2) is 24.6 Å². The van der Waals surface area contributed by atoms with Crippen molar-refractivity contribution in [2.75, 3.05) is 13.2 Å². The molecule has 0 radical (unpaired) electrons. The number of aliphatic hydroxyl groups is 2. The number of carbonyl (C=O) groups is 4. The van der Waals surface area contributed by atoms with Gasteiger partial charge in [0.1, 0.15) is 18.8 Å². The van der Waals surface area contributed by atoms with Crippen LogP contribution in [0, 0.1) is 0 Å². The molecular weight excluding hydrogens is 925 g/mol. The zero-order valence-corrected chi connectivity index (χ0v) is 46.9. The number of ether oxygens (including phenoxy) is 5. The van der Waals surface area contributed by atoms with Crippen LogP contribution in [0.25, 0.3) is 0 Å². The molecule has 6 unspecified atom stereocenters. The summed E-state index contributed by atoms with van der Waals surface area (Å²) in [5.74, 6) is -3.11. The zero-order valence-electron chi connectivity index (χ0n) is 46.9. The summed E-state index contributed by atoms with van der Waals surface area (Å²) < 4.78 is 28.4. The van der Waals surface area contributed by atoms with Crippen LogP contribution in [0.3, 0.4) is 0 Å². The third-order valence-corrected chi connectivity index (χ3v) is 14.0. The summed E-state index contributed by atoms with van der Waals surface area (Å²) in [6.45, 7) is 5.95. The fraction of sp³-hybridized carbons (Fsp3) is 0.869. The van der Waals surface area contributed by atoms with E-state index >= 15 is 0 Å². The number of rotatable bonds is 52. The van der Waals surface area contributed by atoms with Gasteiger partial charge in [-0.1, -0.05) is 231 Å². The molecule has 0 bridgehead atoms. The third-order valence-electron chi connectivity index (χ3n) is 14.0. The van der Waals surface area contributed by atoms with Crippen molar-refractivity contribution in [1.82, 2.24) is 0 Å². The first-order valence-electron chi connectivity index (χ1n) is 30.3. The second-order valence-electron chi connectivity index (χ2n) is 21.0. The molecule has 1 aliphatic rings. The summed E-state index contributed by atoms with van der Waals surface area (Å²) in [6.07, 6.45) is 44.4. The van der Waals surface area contributed by atoms with E-state index < -0.39 is 67.3 Å². The van der Waals surface area contributed by atoms with E-state index in [9.17, 15) is 34.5 Å². The van der Waals surface area contributed by atoms with Crippen molar-refractivity contribution in [2.24, 2.45) is 0 Å². The number of esters is 3. The number of unbranched alkanes of at least 4 members (excludes halogenated alkanes) is 34. The fourth-order valence-corrected chi connectivity index (χ4v) is 9.29. The maximum Gasteiger partial charge on any atom is 0.335 e. The van der Waals surface area contributed by atoms with E-state index in [1.807, 2.05) is 0 Å². The Morgan fingerprint density at radius 1 is 0.438 bits per heavy atom. The summed E-state index contributed by atoms with van der Waals surface area (Å²) in [7, 11) is 0. The molecule has 1 saturated heterocycles. The molecule has 1 aliphatic heterocycles. The van der Waals surface area contributed by atoms with E-state index in [-0.39, 0.29) is 25.9 Å². The Morgan fingerprint density at radius 2 is 0.795 bits per heavy atom. The molecule has 1 heterocycles. The zero-order chi connectivity index (χ0) is 53.3. The molecule has 0 aromatic heterocycles. The molecule has 73 heavy (non-hydrogen) atoms. The van der Waals surface area contributed by atoms with Crippen LogP contribution in [0.1, 0.15) is 290 Å². The number of hydrogen-bond donors (Lipinski definition) is 3. The molecule has 426 valence electrons. The second kappa shape index (κ2) is 50.0. The van der Waals surface area contributed by atoms with E-state index in [0.29, 0.717) is 19.3 Å². The standard InChI is InChI=1S/C61H110O12/c1-4-7-10-13-16-19-22-24-25-26-27-28-29-31-34-37-40-43-46-49-55(64)72-59-57(66)56(65)58(60(67)68)73-61(59)70-51-52(71-54(63)48-45-42-39-36-32-21-18-15-12-9-6-3)50-69-53(62)47-44-41-38-35-33-30-23-20-17-14-11-8-5-2/h15,18,20,23,52,56-59,61,65-66H,4-14,16-17,19,21-22,24-51H2,1-3H3,(H,67,68)/b18-15-,23-20-. The maximum absolute atomic E-state index is 13.1. The van der Waals surface area contributed by atoms with Crippen molar-refractivity contribution in [3.8, 4) is 0 Å². The van der Waals surface area contributed by atoms with Crippen molar-refractivity contribution < 1.29 is 58.2 Å². The lowest BCUT2D eigenvalue weighted by atomic mass is 9.98. The Labute approximate surface area is 445 Å². The summed E-state index contributed by atoms with van der Waals surface area (Å²) in [4.78, 5) is 51.0. The van der Waals surface area contributed by atoms with E-state index in [1.165, 1.54) is 135 Å². The molecule has 0 saturated carbocycles. The van der Waals surface area contributed by atoms with Crippen LogP contribution in [0.2, 0.25) is 0 Å². The van der Waals surface area contributed by atoms with E-state index in [1.54, 1.807) is 0 Å². The Hall–Kier alpha value is -2.80. The highest BCUT2D eigenvalue weighted by molar-refractivity contribution is 5.74. The van der Waals surface area contributed by atoms with Gasteiger partial charge in [0, 0.05) is 19.3 Å². The van der Waals surface area contributed by atoms with Crippen molar-refractivity contribution in [3.63, 3.8) is 0 Å². The largest absolute Gasteiger partial charge is 0.479 e. The van der Waals surface area contributed by atoms with Gasteiger partial charge in [0.2, 0.25) is 0 Å². The molecule has 1 fully saturated rings. The Kier molecular flexibility index (Phi) is 46.8. The number of carboxylic acid groups (broad SMARTS) is 1. The van der Waals surface area contributed by atoms with Gasteiger partial charge >= 0.3 is 23.9 Å². The summed E-state index contributed by atoms with van der Waals surface area (Å²) >= 11 is 0. The van der Waals surface area contributed by atoms with Crippen LogP contribution in [0.4, 0.5) is 0 Å². The molecule has 1 rings (SSSR count). The van der Waals surface area contributed by atoms with Gasteiger partial charge in [0.25, 0.3) is 0 Å². The molecule has 3 N–H and O–H groups in total. The summed E-state index contributed by atoms with van der Waals surface area (Å²) in [5.41, 5.74) is 0. The predicted octanol–water partition coefficient (Wildman–Crippen LogP) is 15.5. The van der Waals surface area contributed by atoms with E-state index in [4.69, 9.17) is 23.7 Å². The number of allylic oxidation sites excluding steroid dienone is 4. The Balaban J connectivity index is 2.63. The van der Waals surface area contributed by atoms with Crippen molar-refractivity contribution in [1.29, 1.82) is 0 Å². The lowest BCUT2D eigenvalue weighted by Crippen LogP contribution is -2.61. The lowest BCUT2D eigenvalue weighted by molar-refractivity contribution is -0.301. The van der Waals surface area contributed by atoms with Crippen molar-refractivity contribution >= 4 is 23.9 Å².